The van der Waals surface area contributed by atoms with E-state index in [1.165, 1.54) is 0 Å². The lowest BCUT2D eigenvalue weighted by atomic mass is 10.1. The molecule has 0 aliphatic rings. The monoisotopic (exact) mass is 250 g/mol. The predicted molar refractivity (Wildman–Crippen MR) is 72.7 cm³/mol. The van der Waals surface area contributed by atoms with Crippen molar-refractivity contribution in [3.63, 3.8) is 0 Å². The Labute approximate surface area is 109 Å². The Morgan fingerprint density at radius 2 is 2.22 bits per heavy atom. The van der Waals surface area contributed by atoms with Crippen molar-refractivity contribution < 1.29 is 9.53 Å². The van der Waals surface area contributed by atoms with E-state index in [1.807, 2.05) is 19.1 Å². The fourth-order valence-corrected chi connectivity index (χ4v) is 1.77. The zero-order valence-electron chi connectivity index (χ0n) is 11.2. The van der Waals surface area contributed by atoms with Gasteiger partial charge in [0.05, 0.1) is 7.11 Å². The van der Waals surface area contributed by atoms with E-state index >= 15 is 0 Å². The number of carbonyl (C=O) groups is 1. The second kappa shape index (κ2) is 7.71. The molecule has 0 saturated carbocycles. The molecule has 0 unspecified atom stereocenters. The third kappa shape index (κ3) is 4.75. The van der Waals surface area contributed by atoms with Crippen molar-refractivity contribution in [2.45, 2.75) is 26.2 Å². The van der Waals surface area contributed by atoms with E-state index in [0.29, 0.717) is 19.5 Å². The summed E-state index contributed by atoms with van der Waals surface area (Å²) in [6.45, 7) is 3.28. The first kappa shape index (κ1) is 14.5. The summed E-state index contributed by atoms with van der Waals surface area (Å²) in [7, 11) is 1.66. The lowest BCUT2D eigenvalue weighted by Gasteiger charge is -2.08. The second-order valence-electron chi connectivity index (χ2n) is 4.30. The Hall–Kier alpha value is -1.55. The van der Waals surface area contributed by atoms with Crippen LogP contribution in [0.4, 0.5) is 0 Å². The molecule has 4 heteroatoms. The minimum Gasteiger partial charge on any atom is -0.496 e. The average Bonchev–Trinajstić information content (AvgIpc) is 2.37. The summed E-state index contributed by atoms with van der Waals surface area (Å²) in [5.41, 5.74) is 7.61. The van der Waals surface area contributed by atoms with E-state index in [4.69, 9.17) is 10.5 Å². The van der Waals surface area contributed by atoms with Crippen LogP contribution in [0.15, 0.2) is 18.2 Å². The van der Waals surface area contributed by atoms with E-state index < -0.39 is 0 Å². The third-order valence-electron chi connectivity index (χ3n) is 2.80. The summed E-state index contributed by atoms with van der Waals surface area (Å²) >= 11 is 0. The van der Waals surface area contributed by atoms with Gasteiger partial charge in [-0.25, -0.2) is 0 Å². The number of rotatable bonds is 7. The summed E-state index contributed by atoms with van der Waals surface area (Å²) < 4.78 is 5.20. The number of nitrogens with one attached hydrogen (secondary N) is 1. The van der Waals surface area contributed by atoms with Gasteiger partial charge in [-0.1, -0.05) is 12.1 Å². The first-order valence-corrected chi connectivity index (χ1v) is 6.27. The molecule has 0 saturated heterocycles. The molecular formula is C14H22N2O2. The van der Waals surface area contributed by atoms with E-state index in [0.717, 1.165) is 29.7 Å². The molecule has 0 bridgehead atoms. The largest absolute Gasteiger partial charge is 0.496 e. The zero-order chi connectivity index (χ0) is 13.4. The number of methoxy groups -OCH3 is 1. The van der Waals surface area contributed by atoms with Gasteiger partial charge in [0.1, 0.15) is 5.75 Å². The quantitative estimate of drug-likeness (QED) is 0.719. The summed E-state index contributed by atoms with van der Waals surface area (Å²) in [6.07, 6.45) is 2.09. The van der Waals surface area contributed by atoms with Gasteiger partial charge in [0, 0.05) is 13.0 Å². The highest BCUT2D eigenvalue weighted by atomic mass is 16.5. The summed E-state index contributed by atoms with van der Waals surface area (Å²) in [5, 5.41) is 2.85. The number of carbonyl (C=O) groups excluding carboxylic acids is 1. The van der Waals surface area contributed by atoms with Gasteiger partial charge < -0.3 is 15.8 Å². The van der Waals surface area contributed by atoms with Gasteiger partial charge in [-0.3, -0.25) is 4.79 Å². The Balaban J connectivity index is 2.39. The van der Waals surface area contributed by atoms with Gasteiger partial charge in [0.2, 0.25) is 5.91 Å². The summed E-state index contributed by atoms with van der Waals surface area (Å²) in [4.78, 5) is 11.5. The molecule has 0 radical (unpaired) electrons. The molecule has 0 aliphatic heterocycles. The molecule has 0 atom stereocenters. The molecule has 0 heterocycles. The van der Waals surface area contributed by atoms with Crippen LogP contribution in [0.5, 0.6) is 5.75 Å². The Morgan fingerprint density at radius 1 is 1.44 bits per heavy atom. The molecule has 0 fully saturated rings. The van der Waals surface area contributed by atoms with Crippen LogP contribution in [-0.2, 0) is 11.2 Å². The maximum Gasteiger partial charge on any atom is 0.220 e. The number of hydrogen-bond acceptors (Lipinski definition) is 3. The first-order valence-electron chi connectivity index (χ1n) is 6.27. The predicted octanol–water partition coefficient (Wildman–Crippen LogP) is 1.40. The van der Waals surface area contributed by atoms with Gasteiger partial charge in [-0.2, -0.15) is 0 Å². The van der Waals surface area contributed by atoms with Crippen LogP contribution in [0.1, 0.15) is 24.0 Å². The summed E-state index contributed by atoms with van der Waals surface area (Å²) in [6, 6.07) is 6.00. The standard InChI is InChI=1S/C14H22N2O2/c1-11-10-12(4-6-13(11)18-2)5-7-14(17)16-9-3-8-15/h4,6,10H,3,5,7-9,15H2,1-2H3,(H,16,17). The number of aryl methyl sites for hydroxylation is 2. The lowest BCUT2D eigenvalue weighted by Crippen LogP contribution is -2.26. The fraction of sp³-hybridized carbons (Fsp3) is 0.500. The van der Waals surface area contributed by atoms with Gasteiger partial charge in [-0.15, -0.1) is 0 Å². The van der Waals surface area contributed by atoms with Gasteiger partial charge in [-0.05, 0) is 43.5 Å². The molecule has 0 aromatic heterocycles. The zero-order valence-corrected chi connectivity index (χ0v) is 11.2. The lowest BCUT2D eigenvalue weighted by molar-refractivity contribution is -0.121. The third-order valence-corrected chi connectivity index (χ3v) is 2.80. The fourth-order valence-electron chi connectivity index (χ4n) is 1.77. The van der Waals surface area contributed by atoms with Crippen LogP contribution in [0.2, 0.25) is 0 Å². The highest BCUT2D eigenvalue weighted by Crippen LogP contribution is 2.19. The van der Waals surface area contributed by atoms with E-state index in [9.17, 15) is 4.79 Å². The SMILES string of the molecule is COc1ccc(CCC(=O)NCCCN)cc1C. The molecule has 1 rings (SSSR count). The molecule has 0 spiro atoms. The minimum absolute atomic E-state index is 0.0805. The summed E-state index contributed by atoms with van der Waals surface area (Å²) in [5.74, 6) is 0.961. The number of nitrogens with two attached hydrogens (primary N) is 1. The van der Waals surface area contributed by atoms with Crippen LogP contribution >= 0.6 is 0 Å². The minimum atomic E-state index is 0.0805. The number of benzene rings is 1. The Bertz CT molecular complexity index is 391. The topological polar surface area (TPSA) is 64.3 Å². The van der Waals surface area contributed by atoms with E-state index in [-0.39, 0.29) is 5.91 Å². The van der Waals surface area contributed by atoms with Crippen LogP contribution < -0.4 is 15.8 Å². The maximum absolute atomic E-state index is 11.5. The molecule has 1 amide bonds. The van der Waals surface area contributed by atoms with Crippen LogP contribution in [0.25, 0.3) is 0 Å². The normalized spacial score (nSPS) is 10.2. The molecule has 4 nitrogen and oxygen atoms in total. The first-order chi connectivity index (χ1) is 8.67. The van der Waals surface area contributed by atoms with Crippen molar-refractivity contribution in [1.29, 1.82) is 0 Å². The molecule has 3 N–H and O–H groups in total. The van der Waals surface area contributed by atoms with Crippen molar-refractivity contribution in [3.05, 3.63) is 29.3 Å². The average molecular weight is 250 g/mol. The molecule has 1 aromatic carbocycles. The van der Waals surface area contributed by atoms with Crippen molar-refractivity contribution in [1.82, 2.24) is 5.32 Å². The van der Waals surface area contributed by atoms with Crippen LogP contribution in [-0.4, -0.2) is 26.1 Å². The van der Waals surface area contributed by atoms with Crippen molar-refractivity contribution in [2.75, 3.05) is 20.2 Å². The van der Waals surface area contributed by atoms with Gasteiger partial charge in [0.15, 0.2) is 0 Å². The molecule has 1 aromatic rings. The highest BCUT2D eigenvalue weighted by Gasteiger charge is 2.03. The van der Waals surface area contributed by atoms with E-state index in [1.54, 1.807) is 7.11 Å². The van der Waals surface area contributed by atoms with Crippen molar-refractivity contribution in [2.24, 2.45) is 5.73 Å². The molecular weight excluding hydrogens is 228 g/mol. The maximum atomic E-state index is 11.5. The van der Waals surface area contributed by atoms with Crippen LogP contribution in [0.3, 0.4) is 0 Å². The molecule has 18 heavy (non-hydrogen) atoms. The number of ether oxygens (including phenoxy) is 1. The van der Waals surface area contributed by atoms with Gasteiger partial charge >= 0.3 is 0 Å². The van der Waals surface area contributed by atoms with Crippen molar-refractivity contribution >= 4 is 5.91 Å². The number of hydrogen-bond donors (Lipinski definition) is 2. The van der Waals surface area contributed by atoms with Gasteiger partial charge in [0.25, 0.3) is 0 Å². The smallest absolute Gasteiger partial charge is 0.220 e. The Morgan fingerprint density at radius 3 is 2.83 bits per heavy atom. The highest BCUT2D eigenvalue weighted by molar-refractivity contribution is 5.76. The molecule has 0 aliphatic carbocycles. The van der Waals surface area contributed by atoms with E-state index in [2.05, 4.69) is 11.4 Å². The van der Waals surface area contributed by atoms with Crippen molar-refractivity contribution in [3.8, 4) is 5.75 Å². The number of amides is 1. The van der Waals surface area contributed by atoms with Crippen LogP contribution in [0, 0.1) is 6.92 Å². The molecule has 100 valence electrons. The second-order valence-corrected chi connectivity index (χ2v) is 4.30. The Kier molecular flexibility index (Phi) is 6.22.